The fraction of sp³-hybridized carbons (Fsp3) is 0.294. The van der Waals surface area contributed by atoms with Crippen molar-refractivity contribution in [3.63, 3.8) is 0 Å². The van der Waals surface area contributed by atoms with Crippen molar-refractivity contribution in [3.8, 4) is 5.75 Å². The molecule has 3 N–H and O–H groups in total. The number of nitrogens with two attached hydrogens (primary N) is 1. The Bertz CT molecular complexity index is 655. The van der Waals surface area contributed by atoms with Crippen LogP contribution in [0.5, 0.6) is 5.75 Å². The van der Waals surface area contributed by atoms with Gasteiger partial charge in [-0.25, -0.2) is 9.82 Å². The highest BCUT2D eigenvalue weighted by Crippen LogP contribution is 2.34. The standard InChI is InChI=1S/C17H21FN2O/c1-10-7-12(3)16(15(8-10)21-4)17(20-19)14-9-13(18)6-5-11(14)2/h5-9,17,20H,19H2,1-4H3. The Hall–Kier alpha value is -1.91. The van der Waals surface area contributed by atoms with E-state index in [2.05, 4.69) is 11.5 Å². The van der Waals surface area contributed by atoms with Gasteiger partial charge in [-0.15, -0.1) is 0 Å². The number of nitrogens with one attached hydrogen (secondary N) is 1. The van der Waals surface area contributed by atoms with E-state index in [-0.39, 0.29) is 11.9 Å². The summed E-state index contributed by atoms with van der Waals surface area (Å²) in [5.74, 6) is 6.23. The summed E-state index contributed by atoms with van der Waals surface area (Å²) in [6.45, 7) is 5.95. The molecule has 4 heteroatoms. The fourth-order valence-corrected chi connectivity index (χ4v) is 2.73. The zero-order valence-corrected chi connectivity index (χ0v) is 12.8. The van der Waals surface area contributed by atoms with Gasteiger partial charge in [0.2, 0.25) is 0 Å². The van der Waals surface area contributed by atoms with Gasteiger partial charge in [0.1, 0.15) is 11.6 Å². The maximum atomic E-state index is 13.6. The molecule has 0 bridgehead atoms. The Morgan fingerprint density at radius 3 is 2.43 bits per heavy atom. The molecule has 2 rings (SSSR count). The second-order valence-corrected chi connectivity index (χ2v) is 5.30. The number of aryl methyl sites for hydroxylation is 3. The van der Waals surface area contributed by atoms with Crippen LogP contribution < -0.4 is 16.0 Å². The molecule has 0 spiro atoms. The molecule has 0 fully saturated rings. The maximum absolute atomic E-state index is 13.6. The Morgan fingerprint density at radius 2 is 1.81 bits per heavy atom. The van der Waals surface area contributed by atoms with Crippen molar-refractivity contribution in [2.75, 3.05) is 7.11 Å². The van der Waals surface area contributed by atoms with Gasteiger partial charge in [0.15, 0.2) is 0 Å². The highest BCUT2D eigenvalue weighted by Gasteiger charge is 2.21. The molecule has 0 aromatic heterocycles. The van der Waals surface area contributed by atoms with Crippen LogP contribution in [0.1, 0.15) is 33.9 Å². The molecule has 1 unspecified atom stereocenters. The van der Waals surface area contributed by atoms with Crippen LogP contribution in [0.3, 0.4) is 0 Å². The number of hydrazine groups is 1. The highest BCUT2D eigenvalue weighted by atomic mass is 19.1. The van der Waals surface area contributed by atoms with Gasteiger partial charge in [0.25, 0.3) is 0 Å². The van der Waals surface area contributed by atoms with Gasteiger partial charge in [-0.3, -0.25) is 5.84 Å². The van der Waals surface area contributed by atoms with Crippen LogP contribution in [0.25, 0.3) is 0 Å². The third-order valence-corrected chi connectivity index (χ3v) is 3.72. The van der Waals surface area contributed by atoms with Gasteiger partial charge >= 0.3 is 0 Å². The summed E-state index contributed by atoms with van der Waals surface area (Å²) < 4.78 is 19.1. The van der Waals surface area contributed by atoms with Gasteiger partial charge in [0.05, 0.1) is 13.2 Å². The number of rotatable bonds is 4. The van der Waals surface area contributed by atoms with Gasteiger partial charge in [0, 0.05) is 5.56 Å². The van der Waals surface area contributed by atoms with Crippen molar-refractivity contribution < 1.29 is 9.13 Å². The van der Waals surface area contributed by atoms with Crippen molar-refractivity contribution in [1.82, 2.24) is 5.43 Å². The Kier molecular flexibility index (Phi) is 4.60. The van der Waals surface area contributed by atoms with Gasteiger partial charge in [-0.2, -0.15) is 0 Å². The van der Waals surface area contributed by atoms with E-state index in [1.807, 2.05) is 26.8 Å². The van der Waals surface area contributed by atoms with E-state index < -0.39 is 0 Å². The minimum Gasteiger partial charge on any atom is -0.496 e. The van der Waals surface area contributed by atoms with Crippen molar-refractivity contribution in [2.24, 2.45) is 5.84 Å². The van der Waals surface area contributed by atoms with Crippen LogP contribution in [-0.2, 0) is 0 Å². The topological polar surface area (TPSA) is 47.3 Å². The van der Waals surface area contributed by atoms with E-state index in [4.69, 9.17) is 10.6 Å². The van der Waals surface area contributed by atoms with Gasteiger partial charge < -0.3 is 4.74 Å². The normalized spacial score (nSPS) is 12.3. The molecule has 0 saturated heterocycles. The second-order valence-electron chi connectivity index (χ2n) is 5.30. The Morgan fingerprint density at radius 1 is 1.10 bits per heavy atom. The Balaban J connectivity index is 2.64. The molecule has 0 aliphatic rings. The lowest BCUT2D eigenvalue weighted by atomic mass is 9.91. The molecule has 21 heavy (non-hydrogen) atoms. The van der Waals surface area contributed by atoms with Crippen LogP contribution in [0.15, 0.2) is 30.3 Å². The molecule has 112 valence electrons. The molecule has 0 radical (unpaired) electrons. The quantitative estimate of drug-likeness (QED) is 0.670. The predicted octanol–water partition coefficient (Wildman–Crippen LogP) is 3.31. The molecule has 2 aromatic carbocycles. The number of hydrogen-bond acceptors (Lipinski definition) is 3. The molecule has 1 atom stereocenters. The minimum atomic E-state index is -0.323. The van der Waals surface area contributed by atoms with Crippen molar-refractivity contribution in [2.45, 2.75) is 26.8 Å². The third-order valence-electron chi connectivity index (χ3n) is 3.72. The molecule has 0 saturated carbocycles. The smallest absolute Gasteiger partial charge is 0.124 e. The zero-order chi connectivity index (χ0) is 15.6. The molecule has 0 aliphatic heterocycles. The number of hydrogen-bond donors (Lipinski definition) is 2. The second kappa shape index (κ2) is 6.24. The van der Waals surface area contributed by atoms with E-state index in [0.717, 1.165) is 33.6 Å². The predicted molar refractivity (Wildman–Crippen MR) is 82.8 cm³/mol. The average molecular weight is 288 g/mol. The minimum absolute atomic E-state index is 0.278. The molecule has 0 aliphatic carbocycles. The van der Waals surface area contributed by atoms with Crippen molar-refractivity contribution >= 4 is 0 Å². The Labute approximate surface area is 124 Å². The largest absolute Gasteiger partial charge is 0.496 e. The van der Waals surface area contributed by atoms with Crippen LogP contribution in [0, 0.1) is 26.6 Å². The maximum Gasteiger partial charge on any atom is 0.124 e. The summed E-state index contributed by atoms with van der Waals surface area (Å²) in [7, 11) is 1.63. The summed E-state index contributed by atoms with van der Waals surface area (Å²) in [6.07, 6.45) is 0. The number of methoxy groups -OCH3 is 1. The SMILES string of the molecule is COc1cc(C)cc(C)c1C(NN)c1cc(F)ccc1C. The molecule has 0 heterocycles. The third kappa shape index (κ3) is 3.06. The lowest BCUT2D eigenvalue weighted by Crippen LogP contribution is -2.30. The molecular weight excluding hydrogens is 267 g/mol. The van der Waals surface area contributed by atoms with E-state index in [1.54, 1.807) is 13.2 Å². The summed E-state index contributed by atoms with van der Waals surface area (Å²) in [4.78, 5) is 0. The first-order valence-corrected chi connectivity index (χ1v) is 6.85. The molecule has 3 nitrogen and oxygen atoms in total. The first-order valence-electron chi connectivity index (χ1n) is 6.85. The number of ether oxygens (including phenoxy) is 1. The molecule has 2 aromatic rings. The first kappa shape index (κ1) is 15.5. The number of benzene rings is 2. The van der Waals surface area contributed by atoms with Crippen molar-refractivity contribution in [1.29, 1.82) is 0 Å². The van der Waals surface area contributed by atoms with E-state index in [1.165, 1.54) is 12.1 Å². The van der Waals surface area contributed by atoms with Crippen LogP contribution in [-0.4, -0.2) is 7.11 Å². The summed E-state index contributed by atoms with van der Waals surface area (Å²) in [5.41, 5.74) is 7.67. The van der Waals surface area contributed by atoms with Crippen molar-refractivity contribution in [3.05, 3.63) is 64.0 Å². The van der Waals surface area contributed by atoms with Gasteiger partial charge in [-0.1, -0.05) is 12.1 Å². The molecular formula is C17H21FN2O. The first-order chi connectivity index (χ1) is 9.97. The zero-order valence-electron chi connectivity index (χ0n) is 12.8. The van der Waals surface area contributed by atoms with E-state index >= 15 is 0 Å². The monoisotopic (exact) mass is 288 g/mol. The highest BCUT2D eigenvalue weighted by molar-refractivity contribution is 5.49. The lowest BCUT2D eigenvalue weighted by Gasteiger charge is -2.23. The van der Waals surface area contributed by atoms with E-state index in [0.29, 0.717) is 0 Å². The average Bonchev–Trinajstić information content (AvgIpc) is 2.44. The summed E-state index contributed by atoms with van der Waals surface area (Å²) in [5, 5.41) is 0. The fourth-order valence-electron chi connectivity index (χ4n) is 2.73. The van der Waals surface area contributed by atoms with Crippen LogP contribution in [0.2, 0.25) is 0 Å². The molecule has 0 amide bonds. The number of halogens is 1. The summed E-state index contributed by atoms with van der Waals surface area (Å²) in [6, 6.07) is 8.42. The summed E-state index contributed by atoms with van der Waals surface area (Å²) >= 11 is 0. The van der Waals surface area contributed by atoms with Gasteiger partial charge in [-0.05, 0) is 61.2 Å². The van der Waals surface area contributed by atoms with Crippen LogP contribution >= 0.6 is 0 Å². The lowest BCUT2D eigenvalue weighted by molar-refractivity contribution is 0.403. The van der Waals surface area contributed by atoms with E-state index in [9.17, 15) is 4.39 Å². The van der Waals surface area contributed by atoms with Crippen LogP contribution in [0.4, 0.5) is 4.39 Å².